The fourth-order valence-corrected chi connectivity index (χ4v) is 2.91. The second-order valence-corrected chi connectivity index (χ2v) is 6.52. The van der Waals surface area contributed by atoms with Crippen LogP contribution in [0.3, 0.4) is 0 Å². The van der Waals surface area contributed by atoms with Gasteiger partial charge >= 0.3 is 0 Å². The minimum Gasteiger partial charge on any atom is -0.326 e. The van der Waals surface area contributed by atoms with Crippen molar-refractivity contribution in [2.75, 3.05) is 5.32 Å². The summed E-state index contributed by atoms with van der Waals surface area (Å²) in [4.78, 5) is 15.8. The number of anilines is 1. The summed E-state index contributed by atoms with van der Waals surface area (Å²) >= 11 is 0. The minimum absolute atomic E-state index is 0.0582. The predicted octanol–water partition coefficient (Wildman–Crippen LogP) is 3.51. The van der Waals surface area contributed by atoms with E-state index in [2.05, 4.69) is 20.7 Å². The van der Waals surface area contributed by atoms with E-state index < -0.39 is 0 Å². The number of carbonyl (C=O) groups is 1. The van der Waals surface area contributed by atoms with E-state index in [0.717, 1.165) is 41.0 Å². The molecule has 3 aromatic rings. The molecule has 3 rings (SSSR count). The van der Waals surface area contributed by atoms with E-state index in [1.54, 1.807) is 6.20 Å². The molecule has 0 aliphatic carbocycles. The number of carbonyl (C=O) groups excluding carboxylic acids is 1. The van der Waals surface area contributed by atoms with Gasteiger partial charge in [-0.05, 0) is 36.2 Å². The highest BCUT2D eigenvalue weighted by atomic mass is 16.1. The lowest BCUT2D eigenvalue weighted by atomic mass is 10.1. The number of hydrogen-bond acceptors (Lipinski definition) is 4. The predicted molar refractivity (Wildman–Crippen MR) is 107 cm³/mol. The molecule has 0 unspecified atom stereocenters. The van der Waals surface area contributed by atoms with E-state index >= 15 is 0 Å². The van der Waals surface area contributed by atoms with E-state index in [4.69, 9.17) is 0 Å². The lowest BCUT2D eigenvalue weighted by molar-refractivity contribution is -0.116. The first-order valence-corrected chi connectivity index (χ1v) is 9.18. The van der Waals surface area contributed by atoms with Crippen molar-refractivity contribution < 1.29 is 4.79 Å². The molecule has 0 aliphatic heterocycles. The van der Waals surface area contributed by atoms with Gasteiger partial charge in [-0.1, -0.05) is 19.1 Å². The van der Waals surface area contributed by atoms with Crippen LogP contribution < -0.4 is 10.6 Å². The highest BCUT2D eigenvalue weighted by Crippen LogP contribution is 2.20. The number of hydrogen-bond donors (Lipinski definition) is 2. The molecule has 1 amide bonds. The standard InChI is InChI=1S/C21H25N5O/c1-3-5-20(27)24-19-9-7-16(8-10-19)12-23-14-18-15-26(2)25-21(18)17-6-4-11-22-13-17/h4,6-11,13,15,23H,3,5,12,14H2,1-2H3,(H,24,27). The van der Waals surface area contributed by atoms with Crippen LogP contribution in [0.4, 0.5) is 5.69 Å². The van der Waals surface area contributed by atoms with Crippen LogP contribution in [0.25, 0.3) is 11.3 Å². The summed E-state index contributed by atoms with van der Waals surface area (Å²) in [6.45, 7) is 3.45. The molecule has 0 fully saturated rings. The van der Waals surface area contributed by atoms with Gasteiger partial charge in [-0.3, -0.25) is 14.5 Å². The van der Waals surface area contributed by atoms with Crippen LogP contribution in [0.2, 0.25) is 0 Å². The summed E-state index contributed by atoms with van der Waals surface area (Å²) in [5.74, 6) is 0.0582. The summed E-state index contributed by atoms with van der Waals surface area (Å²) in [6.07, 6.45) is 7.02. The molecule has 0 aliphatic rings. The third kappa shape index (κ3) is 5.24. The maximum Gasteiger partial charge on any atom is 0.224 e. The molecule has 0 saturated heterocycles. The highest BCUT2D eigenvalue weighted by molar-refractivity contribution is 5.90. The number of pyridine rings is 1. The van der Waals surface area contributed by atoms with Crippen LogP contribution in [0.15, 0.2) is 55.0 Å². The Hall–Kier alpha value is -2.99. The van der Waals surface area contributed by atoms with Crippen molar-refractivity contribution in [3.05, 3.63) is 66.1 Å². The molecule has 0 bridgehead atoms. The smallest absolute Gasteiger partial charge is 0.224 e. The minimum atomic E-state index is 0.0582. The Balaban J connectivity index is 1.57. The van der Waals surface area contributed by atoms with Crippen molar-refractivity contribution in [1.29, 1.82) is 0 Å². The Bertz CT molecular complexity index is 871. The molecule has 0 atom stereocenters. The zero-order chi connectivity index (χ0) is 19.1. The first-order valence-electron chi connectivity index (χ1n) is 9.18. The molecule has 140 valence electrons. The first-order chi connectivity index (χ1) is 13.2. The Kier molecular flexibility index (Phi) is 6.33. The van der Waals surface area contributed by atoms with E-state index in [1.165, 1.54) is 0 Å². The van der Waals surface area contributed by atoms with Crippen molar-refractivity contribution in [1.82, 2.24) is 20.1 Å². The highest BCUT2D eigenvalue weighted by Gasteiger charge is 2.10. The number of aryl methyl sites for hydroxylation is 1. The monoisotopic (exact) mass is 363 g/mol. The van der Waals surface area contributed by atoms with E-state index in [1.807, 2.05) is 67.4 Å². The van der Waals surface area contributed by atoms with Gasteiger partial charge in [-0.25, -0.2) is 0 Å². The Morgan fingerprint density at radius 1 is 1.15 bits per heavy atom. The van der Waals surface area contributed by atoms with Gasteiger partial charge in [-0.2, -0.15) is 5.10 Å². The molecule has 2 heterocycles. The average Bonchev–Trinajstić information content (AvgIpc) is 3.05. The largest absolute Gasteiger partial charge is 0.326 e. The molecular formula is C21H25N5O. The molecule has 6 heteroatoms. The number of rotatable bonds is 8. The third-order valence-electron chi connectivity index (χ3n) is 4.20. The molecule has 0 saturated carbocycles. The second-order valence-electron chi connectivity index (χ2n) is 6.52. The zero-order valence-corrected chi connectivity index (χ0v) is 15.8. The fraction of sp³-hybridized carbons (Fsp3) is 0.286. The van der Waals surface area contributed by atoms with Gasteiger partial charge in [0.05, 0.1) is 5.69 Å². The van der Waals surface area contributed by atoms with Gasteiger partial charge in [-0.15, -0.1) is 0 Å². The van der Waals surface area contributed by atoms with Gasteiger partial charge in [0.1, 0.15) is 0 Å². The van der Waals surface area contributed by atoms with Crippen LogP contribution in [0.1, 0.15) is 30.9 Å². The van der Waals surface area contributed by atoms with Crippen LogP contribution >= 0.6 is 0 Å². The second kappa shape index (κ2) is 9.09. The van der Waals surface area contributed by atoms with Crippen molar-refractivity contribution >= 4 is 11.6 Å². The fourth-order valence-electron chi connectivity index (χ4n) is 2.91. The van der Waals surface area contributed by atoms with Crippen molar-refractivity contribution in [3.63, 3.8) is 0 Å². The number of amides is 1. The van der Waals surface area contributed by atoms with E-state index in [-0.39, 0.29) is 5.91 Å². The average molecular weight is 363 g/mol. The summed E-state index contributed by atoms with van der Waals surface area (Å²) in [5, 5.41) is 10.9. The summed E-state index contributed by atoms with van der Waals surface area (Å²) in [7, 11) is 1.93. The van der Waals surface area contributed by atoms with Crippen LogP contribution in [-0.2, 0) is 24.9 Å². The van der Waals surface area contributed by atoms with E-state index in [9.17, 15) is 4.79 Å². The van der Waals surface area contributed by atoms with E-state index in [0.29, 0.717) is 13.0 Å². The number of aromatic nitrogens is 3. The van der Waals surface area contributed by atoms with Crippen molar-refractivity contribution in [2.45, 2.75) is 32.9 Å². The Morgan fingerprint density at radius 2 is 1.96 bits per heavy atom. The van der Waals surface area contributed by atoms with Gasteiger partial charge in [0.15, 0.2) is 0 Å². The quantitative estimate of drug-likeness (QED) is 0.642. The number of nitrogens with zero attached hydrogens (tertiary/aromatic N) is 3. The number of benzene rings is 1. The summed E-state index contributed by atoms with van der Waals surface area (Å²) < 4.78 is 1.83. The third-order valence-corrected chi connectivity index (χ3v) is 4.20. The van der Waals surface area contributed by atoms with Crippen LogP contribution in [0, 0.1) is 0 Å². The van der Waals surface area contributed by atoms with Crippen LogP contribution in [0.5, 0.6) is 0 Å². The molecule has 0 radical (unpaired) electrons. The molecule has 2 N–H and O–H groups in total. The summed E-state index contributed by atoms with van der Waals surface area (Å²) in [6, 6.07) is 11.9. The van der Waals surface area contributed by atoms with Gasteiger partial charge < -0.3 is 10.6 Å². The molecule has 0 spiro atoms. The first kappa shape index (κ1) is 18.8. The maximum absolute atomic E-state index is 11.6. The topological polar surface area (TPSA) is 71.8 Å². The SMILES string of the molecule is CCCC(=O)Nc1ccc(CNCc2cn(C)nc2-c2cccnc2)cc1. The molecule has 27 heavy (non-hydrogen) atoms. The number of nitrogens with one attached hydrogen (secondary N) is 2. The Labute approximate surface area is 159 Å². The van der Waals surface area contributed by atoms with Crippen molar-refractivity contribution in [3.8, 4) is 11.3 Å². The summed E-state index contributed by atoms with van der Waals surface area (Å²) in [5.41, 5.74) is 5.10. The zero-order valence-electron chi connectivity index (χ0n) is 15.8. The van der Waals surface area contributed by atoms with Gasteiger partial charge in [0.2, 0.25) is 5.91 Å². The lowest BCUT2D eigenvalue weighted by Crippen LogP contribution is -2.13. The molecule has 2 aromatic heterocycles. The van der Waals surface area contributed by atoms with Crippen molar-refractivity contribution in [2.24, 2.45) is 7.05 Å². The van der Waals surface area contributed by atoms with Crippen LogP contribution in [-0.4, -0.2) is 20.7 Å². The molecular weight excluding hydrogens is 338 g/mol. The van der Waals surface area contributed by atoms with Gasteiger partial charge in [0, 0.05) is 62.0 Å². The maximum atomic E-state index is 11.6. The normalized spacial score (nSPS) is 10.7. The lowest BCUT2D eigenvalue weighted by Gasteiger charge is -2.08. The Morgan fingerprint density at radius 3 is 2.67 bits per heavy atom. The molecule has 6 nitrogen and oxygen atoms in total. The van der Waals surface area contributed by atoms with Gasteiger partial charge in [0.25, 0.3) is 0 Å². The molecule has 1 aromatic carbocycles.